The van der Waals surface area contributed by atoms with E-state index in [9.17, 15) is 19.1 Å². The fourth-order valence-electron chi connectivity index (χ4n) is 3.69. The van der Waals surface area contributed by atoms with Crippen LogP contribution in [0.5, 0.6) is 0 Å². The highest BCUT2D eigenvalue weighted by Gasteiger charge is 2.48. The van der Waals surface area contributed by atoms with Crippen LogP contribution in [0.4, 0.5) is 10.2 Å². The zero-order valence-corrected chi connectivity index (χ0v) is 16.4. The van der Waals surface area contributed by atoms with Crippen LogP contribution >= 0.6 is 0 Å². The van der Waals surface area contributed by atoms with Crippen molar-refractivity contribution in [2.75, 3.05) is 5.32 Å². The monoisotopic (exact) mass is 434 g/mol. The number of fused-ring (bicyclic) bond motifs is 2. The molecule has 0 spiro atoms. The molecule has 0 aliphatic carbocycles. The highest BCUT2D eigenvalue weighted by atomic mass is 19.1. The number of aromatic nitrogens is 5. The quantitative estimate of drug-likeness (QED) is 0.431. The molecular weight excluding hydrogens is 419 g/mol. The number of pyridine rings is 1. The van der Waals surface area contributed by atoms with Gasteiger partial charge in [-0.25, -0.2) is 24.0 Å². The molecule has 0 fully saturated rings. The van der Waals surface area contributed by atoms with Crippen molar-refractivity contribution in [1.82, 2.24) is 24.7 Å². The number of carboxylic acid groups (broad SMARTS) is 1. The molecular formula is C21H15FN6O4. The minimum Gasteiger partial charge on any atom is -0.481 e. The van der Waals surface area contributed by atoms with E-state index in [1.54, 1.807) is 36.5 Å². The molecule has 1 aliphatic heterocycles. The smallest absolute Gasteiger partial charge is 0.307 e. The molecule has 160 valence electrons. The number of carboxylic acids is 1. The van der Waals surface area contributed by atoms with Crippen LogP contribution in [0.1, 0.15) is 17.5 Å². The molecule has 1 aliphatic rings. The maximum absolute atomic E-state index is 14.2. The highest BCUT2D eigenvalue weighted by molar-refractivity contribution is 6.05. The van der Waals surface area contributed by atoms with Gasteiger partial charge in [0.15, 0.2) is 17.1 Å². The molecule has 0 saturated carbocycles. The zero-order chi connectivity index (χ0) is 22.5. The van der Waals surface area contributed by atoms with Crippen molar-refractivity contribution in [3.8, 4) is 11.5 Å². The molecule has 4 aromatic rings. The summed E-state index contributed by atoms with van der Waals surface area (Å²) in [6, 6.07) is 9.81. The Morgan fingerprint density at radius 3 is 2.78 bits per heavy atom. The molecule has 10 nitrogen and oxygen atoms in total. The number of nitrogens with one attached hydrogen (secondary N) is 1. The van der Waals surface area contributed by atoms with Crippen LogP contribution in [0.15, 0.2) is 48.8 Å². The van der Waals surface area contributed by atoms with Gasteiger partial charge in [0.05, 0.1) is 23.9 Å². The van der Waals surface area contributed by atoms with Crippen molar-refractivity contribution in [2.24, 2.45) is 0 Å². The number of hydrogen-bond donors (Lipinski definition) is 3. The van der Waals surface area contributed by atoms with Gasteiger partial charge in [0.1, 0.15) is 17.3 Å². The van der Waals surface area contributed by atoms with E-state index < -0.39 is 23.9 Å². The topological polar surface area (TPSA) is 143 Å². The van der Waals surface area contributed by atoms with Gasteiger partial charge in [-0.15, -0.1) is 0 Å². The van der Waals surface area contributed by atoms with Gasteiger partial charge in [-0.3, -0.25) is 9.59 Å². The molecule has 32 heavy (non-hydrogen) atoms. The van der Waals surface area contributed by atoms with E-state index in [0.29, 0.717) is 22.3 Å². The van der Waals surface area contributed by atoms with Crippen LogP contribution in [-0.4, -0.2) is 46.8 Å². The molecule has 3 aromatic heterocycles. The summed E-state index contributed by atoms with van der Waals surface area (Å²) >= 11 is 0. The van der Waals surface area contributed by atoms with Crippen molar-refractivity contribution < 1.29 is 24.2 Å². The standard InChI is InChI=1S/C21H15FN6O4/c22-14-6-2-1-4-11(14)10-28-19-12(5-3-7-23-19)16(27-28)18-24-9-13-17(25-18)26-20(31)21(13,32)8-15(29)30/h1-7,9,32H,8,10H2,(H,29,30)(H,24,25,26,31). The highest BCUT2D eigenvalue weighted by Crippen LogP contribution is 2.38. The largest absolute Gasteiger partial charge is 0.481 e. The van der Waals surface area contributed by atoms with E-state index in [0.717, 1.165) is 0 Å². The van der Waals surface area contributed by atoms with E-state index in [1.165, 1.54) is 16.9 Å². The molecule has 1 amide bonds. The second kappa shape index (κ2) is 7.17. The number of hydrogen-bond acceptors (Lipinski definition) is 7. The third-order valence-corrected chi connectivity index (χ3v) is 5.25. The fourth-order valence-corrected chi connectivity index (χ4v) is 3.69. The van der Waals surface area contributed by atoms with Gasteiger partial charge in [0.2, 0.25) is 0 Å². The Labute approximate surface area is 179 Å². The van der Waals surface area contributed by atoms with Crippen LogP contribution in [0.25, 0.3) is 22.6 Å². The minimum absolute atomic E-state index is 0.00411. The summed E-state index contributed by atoms with van der Waals surface area (Å²) in [5.74, 6) is -2.47. The number of aliphatic hydroxyl groups is 1. The summed E-state index contributed by atoms with van der Waals surface area (Å²) in [7, 11) is 0. The minimum atomic E-state index is -2.26. The number of benzene rings is 1. The van der Waals surface area contributed by atoms with Gasteiger partial charge < -0.3 is 15.5 Å². The van der Waals surface area contributed by atoms with Gasteiger partial charge >= 0.3 is 5.97 Å². The Balaban J connectivity index is 1.60. The lowest BCUT2D eigenvalue weighted by Crippen LogP contribution is -2.36. The lowest BCUT2D eigenvalue weighted by atomic mass is 9.94. The van der Waals surface area contributed by atoms with Crippen LogP contribution in [-0.2, 0) is 21.7 Å². The number of amides is 1. The Morgan fingerprint density at radius 2 is 2.00 bits per heavy atom. The van der Waals surface area contributed by atoms with Crippen LogP contribution in [0.2, 0.25) is 0 Å². The maximum atomic E-state index is 14.2. The van der Waals surface area contributed by atoms with Crippen LogP contribution < -0.4 is 5.32 Å². The number of nitrogens with zero attached hydrogens (tertiary/aromatic N) is 5. The first kappa shape index (κ1) is 19.7. The van der Waals surface area contributed by atoms with Gasteiger partial charge in [0, 0.05) is 18.0 Å². The van der Waals surface area contributed by atoms with Crippen molar-refractivity contribution in [1.29, 1.82) is 0 Å². The zero-order valence-electron chi connectivity index (χ0n) is 16.4. The SMILES string of the molecule is O=C(O)CC1(O)C(=O)Nc2nc(-c3nn(Cc4ccccc4F)c4ncccc34)ncc21. The molecule has 4 heterocycles. The second-order valence-corrected chi connectivity index (χ2v) is 7.31. The molecule has 1 aromatic carbocycles. The van der Waals surface area contributed by atoms with Crippen molar-refractivity contribution in [3.63, 3.8) is 0 Å². The van der Waals surface area contributed by atoms with Gasteiger partial charge in [-0.2, -0.15) is 5.10 Å². The van der Waals surface area contributed by atoms with Crippen LogP contribution in [0.3, 0.4) is 0 Å². The Hall–Kier alpha value is -4.25. The van der Waals surface area contributed by atoms with Gasteiger partial charge in [0.25, 0.3) is 5.91 Å². The number of carbonyl (C=O) groups is 2. The Kier molecular flexibility index (Phi) is 4.41. The molecule has 0 saturated heterocycles. The van der Waals surface area contributed by atoms with E-state index >= 15 is 0 Å². The molecule has 11 heteroatoms. The number of halogens is 1. The first-order valence-electron chi connectivity index (χ1n) is 9.55. The van der Waals surface area contributed by atoms with E-state index in [1.807, 2.05) is 0 Å². The van der Waals surface area contributed by atoms with E-state index in [2.05, 4.69) is 25.4 Å². The predicted molar refractivity (Wildman–Crippen MR) is 109 cm³/mol. The summed E-state index contributed by atoms with van der Waals surface area (Å²) in [5, 5.41) is 27.1. The maximum Gasteiger partial charge on any atom is 0.307 e. The molecule has 0 radical (unpaired) electrons. The number of aliphatic carboxylic acids is 1. The number of rotatable bonds is 5. The van der Waals surface area contributed by atoms with Crippen molar-refractivity contribution in [3.05, 3.63) is 65.7 Å². The van der Waals surface area contributed by atoms with Gasteiger partial charge in [-0.05, 0) is 18.2 Å². The summed E-state index contributed by atoms with van der Waals surface area (Å²) in [4.78, 5) is 36.2. The first-order chi connectivity index (χ1) is 15.4. The lowest BCUT2D eigenvalue weighted by Gasteiger charge is -2.17. The lowest BCUT2D eigenvalue weighted by molar-refractivity contribution is -0.149. The summed E-state index contributed by atoms with van der Waals surface area (Å²) < 4.78 is 15.7. The molecule has 1 unspecified atom stereocenters. The average Bonchev–Trinajstić information content (AvgIpc) is 3.24. The third kappa shape index (κ3) is 3.06. The van der Waals surface area contributed by atoms with Crippen molar-refractivity contribution >= 4 is 28.7 Å². The molecule has 3 N–H and O–H groups in total. The van der Waals surface area contributed by atoms with E-state index in [-0.39, 0.29) is 29.6 Å². The summed E-state index contributed by atoms with van der Waals surface area (Å²) in [6.45, 7) is 0.125. The predicted octanol–water partition coefficient (Wildman–Crippen LogP) is 1.69. The third-order valence-electron chi connectivity index (χ3n) is 5.25. The Bertz CT molecular complexity index is 1400. The summed E-state index contributed by atoms with van der Waals surface area (Å²) in [5.41, 5.74) is -1.03. The van der Waals surface area contributed by atoms with Crippen LogP contribution in [0, 0.1) is 5.82 Å². The Morgan fingerprint density at radius 1 is 1.19 bits per heavy atom. The average molecular weight is 434 g/mol. The summed E-state index contributed by atoms with van der Waals surface area (Å²) in [6.07, 6.45) is 1.97. The first-order valence-corrected chi connectivity index (χ1v) is 9.55. The fraction of sp³-hybridized carbons (Fsp3) is 0.143. The number of carbonyl (C=O) groups excluding carboxylic acids is 1. The van der Waals surface area contributed by atoms with Gasteiger partial charge in [-0.1, -0.05) is 18.2 Å². The molecule has 1 atom stereocenters. The van der Waals surface area contributed by atoms with Crippen molar-refractivity contribution in [2.45, 2.75) is 18.6 Å². The number of anilines is 1. The second-order valence-electron chi connectivity index (χ2n) is 7.31. The van der Waals surface area contributed by atoms with E-state index in [4.69, 9.17) is 5.11 Å². The molecule has 0 bridgehead atoms. The normalized spacial score (nSPS) is 17.4. The molecule has 5 rings (SSSR count).